The molecule has 5 nitrogen and oxygen atoms in total. The summed E-state index contributed by atoms with van der Waals surface area (Å²) in [6.45, 7) is 5.57. The largest absolute Gasteiger partial charge is 0.423 e. The second-order valence-electron chi connectivity index (χ2n) is 4.88. The average molecular weight is 282 g/mol. The number of fused-ring (bicyclic) bond motifs is 1. The van der Waals surface area contributed by atoms with Crippen LogP contribution in [0.1, 0.15) is 18.1 Å². The summed E-state index contributed by atoms with van der Waals surface area (Å²) >= 11 is 0. The molecule has 0 aliphatic heterocycles. The van der Waals surface area contributed by atoms with Gasteiger partial charge in [-0.1, -0.05) is 12.1 Å². The van der Waals surface area contributed by atoms with E-state index in [1.165, 1.54) is 0 Å². The Hall–Kier alpha value is -2.56. The summed E-state index contributed by atoms with van der Waals surface area (Å²) < 4.78 is 5.74. The lowest BCUT2D eigenvalue weighted by Gasteiger charge is -2.05. The second-order valence-corrected chi connectivity index (χ2v) is 4.88. The number of anilines is 2. The zero-order valence-electron chi connectivity index (χ0n) is 12.2. The average Bonchev–Trinajstić information content (AvgIpc) is 2.91. The summed E-state index contributed by atoms with van der Waals surface area (Å²) in [4.78, 5) is 8.69. The van der Waals surface area contributed by atoms with Gasteiger partial charge in [-0.05, 0) is 43.2 Å². The molecule has 0 unspecified atom stereocenters. The van der Waals surface area contributed by atoms with E-state index < -0.39 is 0 Å². The highest BCUT2D eigenvalue weighted by Crippen LogP contribution is 2.22. The number of rotatable bonds is 5. The van der Waals surface area contributed by atoms with Gasteiger partial charge in [0.25, 0.3) is 6.01 Å². The van der Waals surface area contributed by atoms with Crippen LogP contribution in [0.2, 0.25) is 0 Å². The first-order valence-corrected chi connectivity index (χ1v) is 7.05. The summed E-state index contributed by atoms with van der Waals surface area (Å²) in [7, 11) is 0. The molecule has 0 atom stereocenters. The summed E-state index contributed by atoms with van der Waals surface area (Å²) in [5.74, 6) is 0.880. The highest BCUT2D eigenvalue weighted by molar-refractivity contribution is 5.77. The zero-order chi connectivity index (χ0) is 14.7. The number of nitrogens with one attached hydrogen (secondary N) is 2. The first-order valence-electron chi connectivity index (χ1n) is 7.05. The number of nitrogens with zero attached hydrogens (tertiary/aromatic N) is 2. The number of para-hydroxylation sites is 1. The molecule has 0 saturated heterocycles. The highest BCUT2D eigenvalue weighted by Gasteiger charge is 2.07. The van der Waals surface area contributed by atoms with Gasteiger partial charge in [0, 0.05) is 19.3 Å². The van der Waals surface area contributed by atoms with Gasteiger partial charge in [0.2, 0.25) is 0 Å². The number of hydrogen-bond acceptors (Lipinski definition) is 5. The van der Waals surface area contributed by atoms with Crippen LogP contribution in [0.5, 0.6) is 0 Å². The van der Waals surface area contributed by atoms with E-state index in [1.54, 1.807) is 6.20 Å². The predicted molar refractivity (Wildman–Crippen MR) is 84.5 cm³/mol. The Morgan fingerprint density at radius 3 is 2.90 bits per heavy atom. The minimum atomic E-state index is 0.543. The molecule has 21 heavy (non-hydrogen) atoms. The maximum Gasteiger partial charge on any atom is 0.295 e. The van der Waals surface area contributed by atoms with E-state index in [9.17, 15) is 0 Å². The van der Waals surface area contributed by atoms with Gasteiger partial charge in [-0.3, -0.25) is 0 Å². The molecule has 0 bridgehead atoms. The van der Waals surface area contributed by atoms with E-state index in [0.717, 1.165) is 34.6 Å². The van der Waals surface area contributed by atoms with Crippen molar-refractivity contribution in [1.29, 1.82) is 0 Å². The van der Waals surface area contributed by atoms with Gasteiger partial charge in [0.15, 0.2) is 5.58 Å². The Bertz CT molecular complexity index is 751. The van der Waals surface area contributed by atoms with Crippen LogP contribution in [-0.2, 0) is 6.54 Å². The Morgan fingerprint density at radius 2 is 2.10 bits per heavy atom. The molecule has 0 fully saturated rings. The van der Waals surface area contributed by atoms with Crippen molar-refractivity contribution in [3.8, 4) is 0 Å². The number of benzene rings is 1. The SMILES string of the molecule is CCNc1cc(CNc2nc3cccc(C)c3o2)ccn1. The van der Waals surface area contributed by atoms with Crippen LogP contribution in [0.3, 0.4) is 0 Å². The molecule has 0 amide bonds. The Balaban J connectivity index is 1.74. The fourth-order valence-corrected chi connectivity index (χ4v) is 2.20. The van der Waals surface area contributed by atoms with Crippen LogP contribution in [0.4, 0.5) is 11.8 Å². The van der Waals surface area contributed by atoms with Crippen LogP contribution in [-0.4, -0.2) is 16.5 Å². The molecule has 2 heterocycles. The number of aromatic nitrogens is 2. The fraction of sp³-hybridized carbons (Fsp3) is 0.250. The summed E-state index contributed by atoms with van der Waals surface area (Å²) in [6, 6.07) is 10.5. The minimum absolute atomic E-state index is 0.543. The molecule has 0 radical (unpaired) electrons. The smallest absolute Gasteiger partial charge is 0.295 e. The van der Waals surface area contributed by atoms with Gasteiger partial charge in [-0.15, -0.1) is 0 Å². The van der Waals surface area contributed by atoms with Crippen LogP contribution >= 0.6 is 0 Å². The third-order valence-electron chi connectivity index (χ3n) is 3.24. The molecular formula is C16H18N4O. The van der Waals surface area contributed by atoms with Crippen molar-refractivity contribution in [3.63, 3.8) is 0 Å². The van der Waals surface area contributed by atoms with Crippen LogP contribution in [0, 0.1) is 6.92 Å². The maximum atomic E-state index is 5.74. The molecule has 0 spiro atoms. The lowest BCUT2D eigenvalue weighted by molar-refractivity contribution is 0.612. The normalized spacial score (nSPS) is 10.8. The number of aryl methyl sites for hydroxylation is 1. The maximum absolute atomic E-state index is 5.74. The second kappa shape index (κ2) is 5.83. The molecule has 2 N–H and O–H groups in total. The van der Waals surface area contributed by atoms with E-state index in [1.807, 2.05) is 44.2 Å². The molecule has 1 aromatic carbocycles. The van der Waals surface area contributed by atoms with Crippen molar-refractivity contribution >= 4 is 22.9 Å². The van der Waals surface area contributed by atoms with Gasteiger partial charge in [0.05, 0.1) is 0 Å². The van der Waals surface area contributed by atoms with Crippen molar-refractivity contribution < 1.29 is 4.42 Å². The quantitative estimate of drug-likeness (QED) is 0.749. The standard InChI is InChI=1S/C16H18N4O/c1-3-17-14-9-12(7-8-18-14)10-19-16-20-13-6-4-5-11(2)15(13)21-16/h4-9H,3,10H2,1-2H3,(H,17,18)(H,19,20). The van der Waals surface area contributed by atoms with Crippen LogP contribution in [0.15, 0.2) is 40.9 Å². The third-order valence-corrected chi connectivity index (χ3v) is 3.24. The van der Waals surface area contributed by atoms with E-state index >= 15 is 0 Å². The molecule has 0 aliphatic carbocycles. The summed E-state index contributed by atoms with van der Waals surface area (Å²) in [6.07, 6.45) is 1.80. The van der Waals surface area contributed by atoms with E-state index in [-0.39, 0.29) is 0 Å². The van der Waals surface area contributed by atoms with Gasteiger partial charge < -0.3 is 15.1 Å². The fourth-order valence-electron chi connectivity index (χ4n) is 2.20. The predicted octanol–water partition coefficient (Wildman–Crippen LogP) is 3.58. The zero-order valence-corrected chi connectivity index (χ0v) is 12.2. The molecule has 2 aromatic heterocycles. The van der Waals surface area contributed by atoms with Crippen LogP contribution in [0.25, 0.3) is 11.1 Å². The molecule has 3 aromatic rings. The molecule has 0 aliphatic rings. The van der Waals surface area contributed by atoms with E-state index in [2.05, 4.69) is 20.6 Å². The number of pyridine rings is 1. The minimum Gasteiger partial charge on any atom is -0.423 e. The first kappa shape index (κ1) is 13.4. The Kier molecular flexibility index (Phi) is 3.73. The van der Waals surface area contributed by atoms with E-state index in [0.29, 0.717) is 12.6 Å². The van der Waals surface area contributed by atoms with E-state index in [4.69, 9.17) is 4.42 Å². The Labute approximate surface area is 123 Å². The van der Waals surface area contributed by atoms with Gasteiger partial charge in [-0.2, -0.15) is 4.98 Å². The van der Waals surface area contributed by atoms with Crippen molar-refractivity contribution in [1.82, 2.24) is 9.97 Å². The summed E-state index contributed by atoms with van der Waals surface area (Å²) in [5.41, 5.74) is 3.93. The van der Waals surface area contributed by atoms with Crippen LogP contribution < -0.4 is 10.6 Å². The molecule has 3 rings (SSSR count). The van der Waals surface area contributed by atoms with Gasteiger partial charge in [0.1, 0.15) is 11.3 Å². The van der Waals surface area contributed by atoms with Crippen molar-refractivity contribution in [2.45, 2.75) is 20.4 Å². The molecule has 5 heteroatoms. The first-order chi connectivity index (χ1) is 10.3. The number of oxazole rings is 1. The number of hydrogen-bond donors (Lipinski definition) is 2. The van der Waals surface area contributed by atoms with Gasteiger partial charge >= 0.3 is 0 Å². The third kappa shape index (κ3) is 2.97. The Morgan fingerprint density at radius 1 is 1.19 bits per heavy atom. The molecular weight excluding hydrogens is 264 g/mol. The lowest BCUT2D eigenvalue weighted by Crippen LogP contribution is -2.03. The van der Waals surface area contributed by atoms with Crippen molar-refractivity contribution in [2.75, 3.05) is 17.2 Å². The molecule has 0 saturated carbocycles. The van der Waals surface area contributed by atoms with Crippen molar-refractivity contribution in [3.05, 3.63) is 47.7 Å². The monoisotopic (exact) mass is 282 g/mol. The van der Waals surface area contributed by atoms with Gasteiger partial charge in [-0.25, -0.2) is 4.98 Å². The highest BCUT2D eigenvalue weighted by atomic mass is 16.4. The lowest BCUT2D eigenvalue weighted by atomic mass is 10.2. The summed E-state index contributed by atoms with van der Waals surface area (Å²) in [5, 5.41) is 6.41. The van der Waals surface area contributed by atoms with Crippen molar-refractivity contribution in [2.24, 2.45) is 0 Å². The topological polar surface area (TPSA) is 63.0 Å². The molecule has 108 valence electrons.